The van der Waals surface area contributed by atoms with Crippen molar-refractivity contribution in [3.8, 4) is 0 Å². The van der Waals surface area contributed by atoms with Crippen molar-refractivity contribution in [1.82, 2.24) is 20.0 Å². The normalized spacial score (nSPS) is 21.7. The van der Waals surface area contributed by atoms with Crippen molar-refractivity contribution in [1.29, 1.82) is 0 Å². The van der Waals surface area contributed by atoms with Crippen LogP contribution in [0.3, 0.4) is 0 Å². The van der Waals surface area contributed by atoms with Gasteiger partial charge in [-0.05, 0) is 72.4 Å². The number of carbonyl (C=O) groups excluding carboxylic acids is 1. The molecule has 0 bridgehead atoms. The molecule has 1 N–H and O–H groups in total. The van der Waals surface area contributed by atoms with Crippen LogP contribution in [0.2, 0.25) is 0 Å². The summed E-state index contributed by atoms with van der Waals surface area (Å²) >= 11 is 0. The summed E-state index contributed by atoms with van der Waals surface area (Å²) in [5.74, 6) is 0.684. The van der Waals surface area contributed by atoms with Gasteiger partial charge in [-0.15, -0.1) is 0 Å². The van der Waals surface area contributed by atoms with Crippen molar-refractivity contribution < 1.29 is 4.79 Å². The third kappa shape index (κ3) is 3.58. The molecule has 5 rings (SSSR count). The fourth-order valence-electron chi connectivity index (χ4n) is 5.00. The second kappa shape index (κ2) is 7.23. The van der Waals surface area contributed by atoms with Gasteiger partial charge in [0, 0.05) is 32.1 Å². The zero-order valence-electron chi connectivity index (χ0n) is 18.8. The molecule has 1 aromatic heterocycles. The molecular formula is C25H34N4O. The molecule has 1 amide bonds. The van der Waals surface area contributed by atoms with E-state index in [1.807, 2.05) is 18.0 Å². The highest BCUT2D eigenvalue weighted by molar-refractivity contribution is 5.93. The lowest BCUT2D eigenvalue weighted by molar-refractivity contribution is 0.0722. The standard InChI is InChI=1S/C25H34N4O/c1-25(2,3)18-12-17-9-11-29(15-20(17)19(13-18)21-6-5-10-26-21)24(30)23-14-22(16-7-8-16)27-28(23)4/h12-14,16,21,26H,5-11,15H2,1-4H3/t21-/m0/s1. The van der Waals surface area contributed by atoms with Crippen LogP contribution in [-0.4, -0.2) is 33.7 Å². The van der Waals surface area contributed by atoms with Crippen LogP contribution in [0.4, 0.5) is 0 Å². The molecule has 2 aliphatic heterocycles. The largest absolute Gasteiger partial charge is 0.333 e. The van der Waals surface area contributed by atoms with Crippen LogP contribution < -0.4 is 5.32 Å². The Morgan fingerprint density at radius 2 is 1.97 bits per heavy atom. The summed E-state index contributed by atoms with van der Waals surface area (Å²) in [5, 5.41) is 8.30. The van der Waals surface area contributed by atoms with Crippen LogP contribution >= 0.6 is 0 Å². The molecule has 3 aliphatic rings. The van der Waals surface area contributed by atoms with E-state index in [9.17, 15) is 4.79 Å². The van der Waals surface area contributed by atoms with Gasteiger partial charge in [0.15, 0.2) is 0 Å². The maximum absolute atomic E-state index is 13.4. The zero-order valence-corrected chi connectivity index (χ0v) is 18.8. The monoisotopic (exact) mass is 406 g/mol. The van der Waals surface area contributed by atoms with Gasteiger partial charge in [0.1, 0.15) is 5.69 Å². The molecular weight excluding hydrogens is 372 g/mol. The Labute approximate surface area is 179 Å². The van der Waals surface area contributed by atoms with E-state index in [0.717, 1.165) is 30.9 Å². The number of aryl methyl sites for hydroxylation is 1. The first-order chi connectivity index (χ1) is 14.3. The predicted molar refractivity (Wildman–Crippen MR) is 119 cm³/mol. The quantitative estimate of drug-likeness (QED) is 0.830. The number of rotatable bonds is 3. The van der Waals surface area contributed by atoms with Gasteiger partial charge in [-0.3, -0.25) is 9.48 Å². The number of carbonyl (C=O) groups is 1. The topological polar surface area (TPSA) is 50.2 Å². The molecule has 30 heavy (non-hydrogen) atoms. The van der Waals surface area contributed by atoms with Gasteiger partial charge in [0.05, 0.1) is 5.69 Å². The van der Waals surface area contributed by atoms with E-state index >= 15 is 0 Å². The number of aromatic nitrogens is 2. The number of fused-ring (bicyclic) bond motifs is 1. The van der Waals surface area contributed by atoms with Gasteiger partial charge < -0.3 is 10.2 Å². The van der Waals surface area contributed by atoms with Gasteiger partial charge in [-0.1, -0.05) is 32.9 Å². The van der Waals surface area contributed by atoms with Crippen molar-refractivity contribution in [3.63, 3.8) is 0 Å². The summed E-state index contributed by atoms with van der Waals surface area (Å²) in [6.07, 6.45) is 5.74. The average Bonchev–Trinajstić information content (AvgIpc) is 3.27. The van der Waals surface area contributed by atoms with Crippen LogP contribution in [0.25, 0.3) is 0 Å². The van der Waals surface area contributed by atoms with E-state index in [1.54, 1.807) is 4.68 Å². The lowest BCUT2D eigenvalue weighted by Crippen LogP contribution is -2.38. The molecule has 160 valence electrons. The third-order valence-electron chi connectivity index (χ3n) is 7.08. The number of hydrogen-bond donors (Lipinski definition) is 1. The number of benzene rings is 1. The average molecular weight is 407 g/mol. The van der Waals surface area contributed by atoms with Crippen molar-refractivity contribution in [3.05, 3.63) is 51.8 Å². The Morgan fingerprint density at radius 3 is 2.63 bits per heavy atom. The maximum atomic E-state index is 13.4. The fraction of sp³-hybridized carbons (Fsp3) is 0.600. The van der Waals surface area contributed by atoms with E-state index in [4.69, 9.17) is 0 Å². The summed E-state index contributed by atoms with van der Waals surface area (Å²) < 4.78 is 1.79. The lowest BCUT2D eigenvalue weighted by Gasteiger charge is -2.33. The highest BCUT2D eigenvalue weighted by atomic mass is 16.2. The highest BCUT2D eigenvalue weighted by Crippen LogP contribution is 2.40. The molecule has 5 heteroatoms. The molecule has 1 aromatic carbocycles. The molecule has 0 unspecified atom stereocenters. The Morgan fingerprint density at radius 1 is 1.17 bits per heavy atom. The Hall–Kier alpha value is -2.14. The lowest BCUT2D eigenvalue weighted by atomic mass is 9.80. The minimum atomic E-state index is 0.118. The molecule has 0 radical (unpaired) electrons. The Bertz CT molecular complexity index is 974. The molecule has 1 aliphatic carbocycles. The van der Waals surface area contributed by atoms with Crippen LogP contribution in [0.15, 0.2) is 18.2 Å². The smallest absolute Gasteiger partial charge is 0.272 e. The number of nitrogens with zero attached hydrogens (tertiary/aromatic N) is 3. The van der Waals surface area contributed by atoms with Crippen molar-refractivity contribution in [2.24, 2.45) is 7.05 Å². The van der Waals surface area contributed by atoms with Crippen LogP contribution in [0.5, 0.6) is 0 Å². The van der Waals surface area contributed by atoms with E-state index in [-0.39, 0.29) is 11.3 Å². The summed E-state index contributed by atoms with van der Waals surface area (Å²) in [6.45, 7) is 9.44. The molecule has 1 atom stereocenters. The number of amides is 1. The van der Waals surface area contributed by atoms with E-state index in [0.29, 0.717) is 18.5 Å². The van der Waals surface area contributed by atoms with Crippen LogP contribution in [0.1, 0.15) is 96.9 Å². The Kier molecular flexibility index (Phi) is 4.77. The number of hydrogen-bond acceptors (Lipinski definition) is 3. The second-order valence-electron chi connectivity index (χ2n) is 10.4. The Balaban J connectivity index is 1.47. The predicted octanol–water partition coefficient (Wildman–Crippen LogP) is 4.22. The molecule has 5 nitrogen and oxygen atoms in total. The van der Waals surface area contributed by atoms with Gasteiger partial charge >= 0.3 is 0 Å². The van der Waals surface area contributed by atoms with Crippen LogP contribution in [-0.2, 0) is 25.4 Å². The molecule has 3 heterocycles. The van der Waals surface area contributed by atoms with E-state index in [2.05, 4.69) is 43.3 Å². The highest BCUT2D eigenvalue weighted by Gasteiger charge is 2.32. The van der Waals surface area contributed by atoms with Gasteiger partial charge in [0.2, 0.25) is 0 Å². The van der Waals surface area contributed by atoms with Crippen LogP contribution in [0, 0.1) is 0 Å². The van der Waals surface area contributed by atoms with E-state index < -0.39 is 0 Å². The van der Waals surface area contributed by atoms with Crippen molar-refractivity contribution >= 4 is 5.91 Å². The fourth-order valence-corrected chi connectivity index (χ4v) is 5.00. The van der Waals surface area contributed by atoms with Gasteiger partial charge in [0.25, 0.3) is 5.91 Å². The molecule has 1 saturated carbocycles. The maximum Gasteiger partial charge on any atom is 0.272 e. The molecule has 0 spiro atoms. The summed E-state index contributed by atoms with van der Waals surface area (Å²) in [7, 11) is 1.90. The summed E-state index contributed by atoms with van der Waals surface area (Å²) in [4.78, 5) is 15.4. The first-order valence-corrected chi connectivity index (χ1v) is 11.5. The van der Waals surface area contributed by atoms with Crippen molar-refractivity contribution in [2.45, 2.75) is 76.8 Å². The molecule has 1 saturated heterocycles. The van der Waals surface area contributed by atoms with E-state index in [1.165, 1.54) is 47.9 Å². The minimum Gasteiger partial charge on any atom is -0.333 e. The summed E-state index contributed by atoms with van der Waals surface area (Å²) in [5.41, 5.74) is 7.56. The second-order valence-corrected chi connectivity index (χ2v) is 10.4. The first kappa shape index (κ1) is 19.8. The molecule has 2 fully saturated rings. The zero-order chi connectivity index (χ0) is 21.0. The first-order valence-electron chi connectivity index (χ1n) is 11.5. The third-order valence-corrected chi connectivity index (χ3v) is 7.08. The van der Waals surface area contributed by atoms with Gasteiger partial charge in [-0.25, -0.2) is 0 Å². The SMILES string of the molecule is Cn1nc(C2CC2)cc1C(=O)N1CCc2cc(C(C)(C)C)cc([C@@H]3CCCN3)c2C1. The summed E-state index contributed by atoms with van der Waals surface area (Å²) in [6, 6.07) is 7.24. The van der Waals surface area contributed by atoms with Crippen molar-refractivity contribution in [2.75, 3.05) is 13.1 Å². The van der Waals surface area contributed by atoms with Gasteiger partial charge in [-0.2, -0.15) is 5.10 Å². The molecule has 2 aromatic rings. The minimum absolute atomic E-state index is 0.118. The number of nitrogens with one attached hydrogen (secondary N) is 1.